The second-order valence-electron chi connectivity index (χ2n) is 8.04. The van der Waals surface area contributed by atoms with Crippen molar-refractivity contribution in [2.45, 2.75) is 25.6 Å². The minimum Gasteiger partial charge on any atom is -0.351 e. The zero-order chi connectivity index (χ0) is 24.9. The Morgan fingerprint density at radius 3 is 2.21 bits per heavy atom. The van der Waals surface area contributed by atoms with Crippen LogP contribution in [0.2, 0.25) is 0 Å². The molecule has 3 aromatic rings. The zero-order valence-corrected chi connectivity index (χ0v) is 19.5. The number of amides is 1. The van der Waals surface area contributed by atoms with Crippen molar-refractivity contribution in [3.63, 3.8) is 0 Å². The highest BCUT2D eigenvalue weighted by Gasteiger charge is 2.31. The number of halogens is 3. The van der Waals surface area contributed by atoms with Crippen LogP contribution in [-0.2, 0) is 22.7 Å². The van der Waals surface area contributed by atoms with Crippen LogP contribution < -0.4 is 9.62 Å². The Labute approximate surface area is 197 Å². The monoisotopic (exact) mass is 490 g/mol. The lowest BCUT2D eigenvalue weighted by atomic mass is 10.0. The van der Waals surface area contributed by atoms with E-state index in [1.807, 2.05) is 37.3 Å². The molecule has 3 rings (SSSR count). The molecule has 1 atom stereocenters. The quantitative estimate of drug-likeness (QED) is 0.472. The van der Waals surface area contributed by atoms with Crippen LogP contribution in [0, 0.1) is 0 Å². The average Bonchev–Trinajstić information content (AvgIpc) is 2.80. The number of rotatable bonds is 8. The van der Waals surface area contributed by atoms with Crippen molar-refractivity contribution in [3.05, 3.63) is 101 Å². The number of sulfonamides is 1. The molecule has 0 fully saturated rings. The molecule has 0 saturated carbocycles. The number of nitrogens with zero attached hydrogens (tertiary/aromatic N) is 1. The number of carbonyl (C=O) groups excluding carboxylic acids is 1. The van der Waals surface area contributed by atoms with E-state index in [2.05, 4.69) is 5.32 Å². The molecule has 0 radical (unpaired) electrons. The predicted molar refractivity (Wildman–Crippen MR) is 126 cm³/mol. The summed E-state index contributed by atoms with van der Waals surface area (Å²) in [5.74, 6) is -0.146. The number of benzene rings is 3. The van der Waals surface area contributed by atoms with E-state index < -0.39 is 21.8 Å². The highest BCUT2D eigenvalue weighted by atomic mass is 32.2. The van der Waals surface area contributed by atoms with Gasteiger partial charge in [-0.15, -0.1) is 0 Å². The average molecular weight is 491 g/mol. The van der Waals surface area contributed by atoms with E-state index in [9.17, 15) is 26.4 Å². The topological polar surface area (TPSA) is 66.5 Å². The molecule has 34 heavy (non-hydrogen) atoms. The van der Waals surface area contributed by atoms with Crippen molar-refractivity contribution in [1.82, 2.24) is 5.32 Å². The predicted octanol–water partition coefficient (Wildman–Crippen LogP) is 5.21. The molecule has 5 nitrogen and oxygen atoms in total. The van der Waals surface area contributed by atoms with Gasteiger partial charge < -0.3 is 5.32 Å². The van der Waals surface area contributed by atoms with Gasteiger partial charge in [-0.3, -0.25) is 9.10 Å². The maximum absolute atomic E-state index is 13.1. The van der Waals surface area contributed by atoms with Crippen molar-refractivity contribution < 1.29 is 26.4 Å². The number of hydrogen-bond donors (Lipinski definition) is 1. The van der Waals surface area contributed by atoms with E-state index in [-0.39, 0.29) is 24.1 Å². The first kappa shape index (κ1) is 25.3. The molecule has 180 valence electrons. The van der Waals surface area contributed by atoms with Gasteiger partial charge in [0.15, 0.2) is 0 Å². The van der Waals surface area contributed by atoms with Gasteiger partial charge in [0.1, 0.15) is 0 Å². The van der Waals surface area contributed by atoms with Crippen LogP contribution in [0.5, 0.6) is 0 Å². The third kappa shape index (κ3) is 6.60. The molecule has 0 aromatic heterocycles. The van der Waals surface area contributed by atoms with Crippen LogP contribution in [-0.4, -0.2) is 27.1 Å². The summed E-state index contributed by atoms with van der Waals surface area (Å²) in [6, 6.07) is 20.2. The van der Waals surface area contributed by atoms with Gasteiger partial charge in [0.2, 0.25) is 10.0 Å². The lowest BCUT2D eigenvalue weighted by Crippen LogP contribution is -2.30. The van der Waals surface area contributed by atoms with Gasteiger partial charge in [-0.1, -0.05) is 55.5 Å². The van der Waals surface area contributed by atoms with Gasteiger partial charge in [0, 0.05) is 12.1 Å². The molecule has 9 heteroatoms. The van der Waals surface area contributed by atoms with Gasteiger partial charge in [0.05, 0.1) is 24.1 Å². The highest BCUT2D eigenvalue weighted by Crippen LogP contribution is 2.32. The second kappa shape index (κ2) is 10.3. The van der Waals surface area contributed by atoms with E-state index in [1.54, 1.807) is 24.3 Å². The fourth-order valence-corrected chi connectivity index (χ4v) is 4.29. The van der Waals surface area contributed by atoms with Crippen LogP contribution in [0.15, 0.2) is 78.9 Å². The first-order valence-corrected chi connectivity index (χ1v) is 12.4. The largest absolute Gasteiger partial charge is 0.416 e. The number of carbonyl (C=O) groups is 1. The standard InChI is InChI=1S/C25H25F3N2O3S/c1-18(20-7-4-3-5-8-20)16-29-24(31)21-13-11-19(12-14-21)17-30(34(2,32)33)23-10-6-9-22(15-23)25(26,27)28/h3-15,18H,16-17H2,1-2H3,(H,29,31)/t18-/m1/s1. The van der Waals surface area contributed by atoms with Gasteiger partial charge in [-0.05, 0) is 47.4 Å². The molecule has 0 heterocycles. The summed E-state index contributed by atoms with van der Waals surface area (Å²) in [4.78, 5) is 12.5. The number of anilines is 1. The first-order chi connectivity index (χ1) is 15.9. The Bertz CT molecular complexity index is 1230. The summed E-state index contributed by atoms with van der Waals surface area (Å²) >= 11 is 0. The molecule has 1 N–H and O–H groups in total. The van der Waals surface area contributed by atoms with Crippen molar-refractivity contribution >= 4 is 21.6 Å². The van der Waals surface area contributed by atoms with Crippen LogP contribution >= 0.6 is 0 Å². The van der Waals surface area contributed by atoms with Crippen molar-refractivity contribution in [2.24, 2.45) is 0 Å². The van der Waals surface area contributed by atoms with Gasteiger partial charge in [-0.25, -0.2) is 8.42 Å². The molecular weight excluding hydrogens is 465 g/mol. The van der Waals surface area contributed by atoms with Gasteiger partial charge in [0.25, 0.3) is 5.91 Å². The lowest BCUT2D eigenvalue weighted by Gasteiger charge is -2.23. The Morgan fingerprint density at radius 2 is 1.62 bits per heavy atom. The zero-order valence-electron chi connectivity index (χ0n) is 18.7. The summed E-state index contributed by atoms with van der Waals surface area (Å²) in [5.41, 5.74) is 1.00. The Balaban J connectivity index is 1.71. The fourth-order valence-electron chi connectivity index (χ4n) is 3.41. The molecule has 0 saturated heterocycles. The minimum atomic E-state index is -4.59. The summed E-state index contributed by atoms with van der Waals surface area (Å²) in [6.45, 7) is 2.28. The van der Waals surface area contributed by atoms with Crippen LogP contribution in [0.3, 0.4) is 0 Å². The smallest absolute Gasteiger partial charge is 0.351 e. The van der Waals surface area contributed by atoms with Gasteiger partial charge in [-0.2, -0.15) is 13.2 Å². The number of hydrogen-bond acceptors (Lipinski definition) is 3. The lowest BCUT2D eigenvalue weighted by molar-refractivity contribution is -0.137. The first-order valence-electron chi connectivity index (χ1n) is 10.5. The Morgan fingerprint density at radius 1 is 0.971 bits per heavy atom. The molecule has 0 aliphatic carbocycles. The van der Waals surface area contributed by atoms with Gasteiger partial charge >= 0.3 is 6.18 Å². The molecule has 0 aliphatic heterocycles. The van der Waals surface area contributed by atoms with E-state index in [4.69, 9.17) is 0 Å². The van der Waals surface area contributed by atoms with E-state index >= 15 is 0 Å². The van der Waals surface area contributed by atoms with Crippen molar-refractivity contribution in [2.75, 3.05) is 17.1 Å². The number of nitrogens with one attached hydrogen (secondary N) is 1. The SMILES string of the molecule is C[C@H](CNC(=O)c1ccc(CN(c2cccc(C(F)(F)F)c2)S(C)(=O)=O)cc1)c1ccccc1. The molecular formula is C25H25F3N2O3S. The number of alkyl halides is 3. The molecule has 0 bridgehead atoms. The Kier molecular flexibility index (Phi) is 7.66. The summed E-state index contributed by atoms with van der Waals surface area (Å²) in [6.07, 6.45) is -3.66. The Hall–Kier alpha value is -3.33. The molecule has 0 spiro atoms. The molecule has 0 unspecified atom stereocenters. The van der Waals surface area contributed by atoms with E-state index in [0.717, 1.165) is 28.3 Å². The molecule has 1 amide bonds. The minimum absolute atomic E-state index is 0.0888. The maximum Gasteiger partial charge on any atom is 0.416 e. The third-order valence-corrected chi connectivity index (χ3v) is 6.48. The highest BCUT2D eigenvalue weighted by molar-refractivity contribution is 7.92. The summed E-state index contributed by atoms with van der Waals surface area (Å²) < 4.78 is 64.8. The van der Waals surface area contributed by atoms with Crippen molar-refractivity contribution in [1.29, 1.82) is 0 Å². The van der Waals surface area contributed by atoms with Crippen molar-refractivity contribution in [3.8, 4) is 0 Å². The van der Waals surface area contributed by atoms with E-state index in [0.29, 0.717) is 17.7 Å². The summed E-state index contributed by atoms with van der Waals surface area (Å²) in [5, 5.41) is 2.88. The molecule has 0 aliphatic rings. The second-order valence-corrected chi connectivity index (χ2v) is 9.94. The third-order valence-electron chi connectivity index (χ3n) is 5.34. The maximum atomic E-state index is 13.1. The van der Waals surface area contributed by atoms with Crippen LogP contribution in [0.25, 0.3) is 0 Å². The van der Waals surface area contributed by atoms with E-state index in [1.165, 1.54) is 12.1 Å². The molecule has 3 aromatic carbocycles. The van der Waals surface area contributed by atoms with Crippen LogP contribution in [0.1, 0.15) is 39.9 Å². The normalized spacial score (nSPS) is 12.7. The fraction of sp³-hybridized carbons (Fsp3) is 0.240. The van der Waals surface area contributed by atoms with Crippen LogP contribution in [0.4, 0.5) is 18.9 Å². The summed E-state index contributed by atoms with van der Waals surface area (Å²) in [7, 11) is -3.86.